The highest BCUT2D eigenvalue weighted by molar-refractivity contribution is 5.97. The van der Waals surface area contributed by atoms with Gasteiger partial charge >= 0.3 is 0 Å². The van der Waals surface area contributed by atoms with Crippen molar-refractivity contribution in [2.75, 3.05) is 25.1 Å². The number of rotatable bonds is 4. The molecule has 1 saturated carbocycles. The largest absolute Gasteiger partial charge is 0.396 e. The van der Waals surface area contributed by atoms with E-state index in [1.165, 1.54) is 0 Å². The monoisotopic (exact) mass is 344 g/mol. The van der Waals surface area contributed by atoms with Gasteiger partial charge in [0.2, 0.25) is 5.91 Å². The number of piperidine rings is 1. The molecule has 5 nitrogen and oxygen atoms in total. The smallest absolute Gasteiger partial charge is 0.253 e. The molecule has 0 atom stereocenters. The summed E-state index contributed by atoms with van der Waals surface area (Å²) in [4.78, 5) is 28.4. The molecular weight excluding hydrogens is 316 g/mol. The third-order valence-corrected chi connectivity index (χ3v) is 5.69. The summed E-state index contributed by atoms with van der Waals surface area (Å²) in [5.41, 5.74) is 1.55. The molecule has 1 aliphatic heterocycles. The van der Waals surface area contributed by atoms with Gasteiger partial charge in [0.05, 0.1) is 0 Å². The molecule has 0 spiro atoms. The van der Waals surface area contributed by atoms with Crippen molar-refractivity contribution in [1.29, 1.82) is 0 Å². The van der Waals surface area contributed by atoms with Gasteiger partial charge in [-0.05, 0) is 68.7 Å². The topological polar surface area (TPSA) is 60.9 Å². The molecule has 1 N–H and O–H groups in total. The van der Waals surface area contributed by atoms with Crippen molar-refractivity contribution < 1.29 is 14.7 Å². The highest BCUT2D eigenvalue weighted by atomic mass is 16.3. The standard InChI is InChI=1S/C20H28N2O3/c1-21(17-9-5-15(14-23)6-10-17)20(25)16-7-11-18(12-8-16)22-13-3-2-4-19(22)24/h7-8,11-12,15,17,23H,2-6,9-10,13-14H2,1H3. The predicted octanol–water partition coefficient (Wildman–Crippen LogP) is 2.83. The van der Waals surface area contributed by atoms with Crippen LogP contribution in [0.1, 0.15) is 55.3 Å². The van der Waals surface area contributed by atoms with Crippen LogP contribution in [-0.4, -0.2) is 48.1 Å². The molecule has 1 saturated heterocycles. The Bertz CT molecular complexity index is 606. The van der Waals surface area contributed by atoms with Crippen LogP contribution in [0.15, 0.2) is 24.3 Å². The van der Waals surface area contributed by atoms with E-state index >= 15 is 0 Å². The van der Waals surface area contributed by atoms with Gasteiger partial charge in [-0.15, -0.1) is 0 Å². The summed E-state index contributed by atoms with van der Waals surface area (Å²) >= 11 is 0. The van der Waals surface area contributed by atoms with E-state index in [0.29, 0.717) is 17.9 Å². The van der Waals surface area contributed by atoms with Crippen molar-refractivity contribution >= 4 is 17.5 Å². The molecule has 1 aromatic carbocycles. The highest BCUT2D eigenvalue weighted by Gasteiger charge is 2.27. The molecule has 0 aromatic heterocycles. The third-order valence-electron chi connectivity index (χ3n) is 5.69. The summed E-state index contributed by atoms with van der Waals surface area (Å²) < 4.78 is 0. The van der Waals surface area contributed by atoms with Crippen molar-refractivity contribution in [3.8, 4) is 0 Å². The SMILES string of the molecule is CN(C(=O)c1ccc(N2CCCCC2=O)cc1)C1CCC(CO)CC1. The molecule has 0 radical (unpaired) electrons. The third kappa shape index (κ3) is 4.03. The quantitative estimate of drug-likeness (QED) is 0.914. The van der Waals surface area contributed by atoms with Gasteiger partial charge in [0.15, 0.2) is 0 Å². The molecule has 1 aromatic rings. The first kappa shape index (κ1) is 17.9. The van der Waals surface area contributed by atoms with Crippen LogP contribution in [-0.2, 0) is 4.79 Å². The van der Waals surface area contributed by atoms with Crippen molar-refractivity contribution in [1.82, 2.24) is 4.90 Å². The fraction of sp³-hybridized carbons (Fsp3) is 0.600. The number of nitrogens with zero attached hydrogens (tertiary/aromatic N) is 2. The molecular formula is C20H28N2O3. The minimum atomic E-state index is 0.0315. The maximum Gasteiger partial charge on any atom is 0.253 e. The highest BCUT2D eigenvalue weighted by Crippen LogP contribution is 2.28. The van der Waals surface area contributed by atoms with E-state index in [1.807, 2.05) is 41.1 Å². The first-order valence-corrected chi connectivity index (χ1v) is 9.38. The van der Waals surface area contributed by atoms with Gasteiger partial charge in [-0.3, -0.25) is 9.59 Å². The Morgan fingerprint density at radius 2 is 1.84 bits per heavy atom. The van der Waals surface area contributed by atoms with E-state index in [1.54, 1.807) is 0 Å². The minimum absolute atomic E-state index is 0.0315. The Balaban J connectivity index is 1.63. The number of amides is 2. The molecule has 136 valence electrons. The average Bonchev–Trinajstić information content (AvgIpc) is 2.67. The molecule has 1 heterocycles. The number of hydrogen-bond acceptors (Lipinski definition) is 3. The van der Waals surface area contributed by atoms with Crippen LogP contribution in [0.3, 0.4) is 0 Å². The van der Waals surface area contributed by atoms with Gasteiger partial charge in [0.1, 0.15) is 0 Å². The molecule has 3 rings (SSSR count). The molecule has 25 heavy (non-hydrogen) atoms. The fourth-order valence-corrected chi connectivity index (χ4v) is 3.95. The van der Waals surface area contributed by atoms with E-state index < -0.39 is 0 Å². The van der Waals surface area contributed by atoms with Gasteiger partial charge in [-0.1, -0.05) is 0 Å². The van der Waals surface area contributed by atoms with Gasteiger partial charge in [0.25, 0.3) is 5.91 Å². The number of hydrogen-bond donors (Lipinski definition) is 1. The van der Waals surface area contributed by atoms with Crippen LogP contribution < -0.4 is 4.90 Å². The zero-order valence-electron chi connectivity index (χ0n) is 15.0. The lowest BCUT2D eigenvalue weighted by molar-refractivity contribution is -0.119. The Hall–Kier alpha value is -1.88. The molecule has 5 heteroatoms. The van der Waals surface area contributed by atoms with E-state index in [-0.39, 0.29) is 24.5 Å². The summed E-state index contributed by atoms with van der Waals surface area (Å²) in [6, 6.07) is 7.67. The van der Waals surface area contributed by atoms with Crippen molar-refractivity contribution in [3.63, 3.8) is 0 Å². The van der Waals surface area contributed by atoms with Gasteiger partial charge in [0, 0.05) is 43.9 Å². The summed E-state index contributed by atoms with van der Waals surface area (Å²) in [7, 11) is 1.87. The van der Waals surface area contributed by atoms with E-state index in [9.17, 15) is 14.7 Å². The molecule has 2 aliphatic rings. The second kappa shape index (κ2) is 8.00. The van der Waals surface area contributed by atoms with Crippen molar-refractivity contribution in [2.24, 2.45) is 5.92 Å². The predicted molar refractivity (Wildman–Crippen MR) is 97.6 cm³/mol. The van der Waals surface area contributed by atoms with Crippen LogP contribution in [0.5, 0.6) is 0 Å². The van der Waals surface area contributed by atoms with E-state index in [0.717, 1.165) is 50.8 Å². The van der Waals surface area contributed by atoms with Crippen LogP contribution in [0.4, 0.5) is 5.69 Å². The van der Waals surface area contributed by atoms with E-state index in [2.05, 4.69) is 0 Å². The summed E-state index contributed by atoms with van der Waals surface area (Å²) in [5, 5.41) is 9.25. The second-order valence-corrected chi connectivity index (χ2v) is 7.32. The zero-order valence-corrected chi connectivity index (χ0v) is 15.0. The lowest BCUT2D eigenvalue weighted by atomic mass is 9.86. The summed E-state index contributed by atoms with van der Waals surface area (Å²) in [5.74, 6) is 0.591. The number of aliphatic hydroxyl groups excluding tert-OH is 1. The summed E-state index contributed by atoms with van der Waals surface area (Å²) in [6.45, 7) is 1.02. The fourth-order valence-electron chi connectivity index (χ4n) is 3.95. The molecule has 0 bridgehead atoms. The van der Waals surface area contributed by atoms with E-state index in [4.69, 9.17) is 0 Å². The maximum atomic E-state index is 12.7. The molecule has 2 amide bonds. The van der Waals surface area contributed by atoms with Crippen LogP contribution in [0, 0.1) is 5.92 Å². The normalized spacial score (nSPS) is 24.2. The maximum absolute atomic E-state index is 12.7. The van der Waals surface area contributed by atoms with Gasteiger partial charge < -0.3 is 14.9 Å². The van der Waals surface area contributed by atoms with Gasteiger partial charge in [-0.2, -0.15) is 0 Å². The zero-order chi connectivity index (χ0) is 17.8. The lowest BCUT2D eigenvalue weighted by Gasteiger charge is -2.34. The summed E-state index contributed by atoms with van der Waals surface area (Å²) in [6.07, 6.45) is 6.48. The number of carbonyl (C=O) groups is 2. The molecule has 1 aliphatic carbocycles. The average molecular weight is 344 g/mol. The Morgan fingerprint density at radius 3 is 2.44 bits per heavy atom. The number of carbonyl (C=O) groups excluding carboxylic acids is 2. The second-order valence-electron chi connectivity index (χ2n) is 7.32. The Morgan fingerprint density at radius 1 is 1.16 bits per heavy atom. The van der Waals surface area contributed by atoms with Crippen LogP contribution in [0.2, 0.25) is 0 Å². The first-order valence-electron chi connectivity index (χ1n) is 9.38. The van der Waals surface area contributed by atoms with Crippen LogP contribution >= 0.6 is 0 Å². The first-order chi connectivity index (χ1) is 12.1. The Labute approximate surface area is 149 Å². The lowest BCUT2D eigenvalue weighted by Crippen LogP contribution is -2.40. The number of benzene rings is 1. The number of anilines is 1. The molecule has 2 fully saturated rings. The van der Waals surface area contributed by atoms with Crippen molar-refractivity contribution in [3.05, 3.63) is 29.8 Å². The molecule has 0 unspecified atom stereocenters. The van der Waals surface area contributed by atoms with Crippen LogP contribution in [0.25, 0.3) is 0 Å². The van der Waals surface area contributed by atoms with Crippen molar-refractivity contribution in [2.45, 2.75) is 51.0 Å². The Kier molecular flexibility index (Phi) is 5.74. The number of aliphatic hydroxyl groups is 1. The minimum Gasteiger partial charge on any atom is -0.396 e. The van der Waals surface area contributed by atoms with Gasteiger partial charge in [-0.25, -0.2) is 0 Å².